The number of rotatable bonds is 3. The molecule has 20 heavy (non-hydrogen) atoms. The molecule has 104 valence electrons. The normalized spacial score (nSPS) is 10.4. The predicted molar refractivity (Wildman–Crippen MR) is 89.6 cm³/mol. The molecule has 2 aromatic rings. The number of anilines is 2. The summed E-state index contributed by atoms with van der Waals surface area (Å²) in [5.74, 6) is 0.585. The Morgan fingerprint density at radius 2 is 1.95 bits per heavy atom. The van der Waals surface area contributed by atoms with Gasteiger partial charge >= 0.3 is 0 Å². The monoisotopic (exact) mass is 350 g/mol. The molecule has 0 aliphatic carbocycles. The van der Waals surface area contributed by atoms with Crippen LogP contribution in [0.2, 0.25) is 0 Å². The fourth-order valence-corrected chi connectivity index (χ4v) is 2.35. The average Bonchev–Trinajstić information content (AvgIpc) is 2.38. The largest absolute Gasteiger partial charge is 0.389 e. The third kappa shape index (κ3) is 2.96. The van der Waals surface area contributed by atoms with E-state index < -0.39 is 0 Å². The molecule has 0 saturated carbocycles. The van der Waals surface area contributed by atoms with Crippen molar-refractivity contribution in [1.82, 2.24) is 10.2 Å². The summed E-state index contributed by atoms with van der Waals surface area (Å²) in [7, 11) is 0. The maximum Gasteiger partial charge on any atom is 0.163 e. The Labute approximate surface area is 131 Å². The zero-order valence-electron chi connectivity index (χ0n) is 11.5. The summed E-state index contributed by atoms with van der Waals surface area (Å²) in [6.07, 6.45) is 0. The first-order valence-electron chi connectivity index (χ1n) is 6.07. The van der Waals surface area contributed by atoms with Crippen LogP contribution in [-0.2, 0) is 0 Å². The van der Waals surface area contributed by atoms with Crippen LogP contribution in [0.25, 0.3) is 0 Å². The lowest BCUT2D eigenvalue weighted by molar-refractivity contribution is 0.963. The Kier molecular flexibility index (Phi) is 4.35. The summed E-state index contributed by atoms with van der Waals surface area (Å²) < 4.78 is 1.06. The van der Waals surface area contributed by atoms with Gasteiger partial charge in [-0.05, 0) is 50.1 Å². The van der Waals surface area contributed by atoms with Gasteiger partial charge in [-0.1, -0.05) is 28.1 Å². The summed E-state index contributed by atoms with van der Waals surface area (Å²) in [5, 5.41) is 11.5. The van der Waals surface area contributed by atoms with Crippen LogP contribution in [0.3, 0.4) is 0 Å². The van der Waals surface area contributed by atoms with E-state index in [1.807, 2.05) is 39.0 Å². The molecular weight excluding hydrogens is 336 g/mol. The van der Waals surface area contributed by atoms with Crippen LogP contribution in [0, 0.1) is 20.8 Å². The zero-order chi connectivity index (χ0) is 14.9. The lowest BCUT2D eigenvalue weighted by Crippen LogP contribution is -2.16. The fourth-order valence-electron chi connectivity index (χ4n) is 1.86. The van der Waals surface area contributed by atoms with Gasteiger partial charge in [0.15, 0.2) is 5.82 Å². The third-order valence-electron chi connectivity index (χ3n) is 3.12. The first kappa shape index (κ1) is 14.9. The van der Waals surface area contributed by atoms with E-state index in [1.54, 1.807) is 0 Å². The number of aryl methyl sites for hydroxylation is 2. The van der Waals surface area contributed by atoms with Crippen LogP contribution < -0.4 is 11.1 Å². The number of hydrogen-bond acceptors (Lipinski definition) is 4. The van der Waals surface area contributed by atoms with E-state index in [9.17, 15) is 0 Å². The number of nitrogens with two attached hydrogens (primary N) is 1. The third-order valence-corrected chi connectivity index (χ3v) is 4.22. The molecule has 6 heteroatoms. The van der Waals surface area contributed by atoms with E-state index in [0.29, 0.717) is 10.8 Å². The molecule has 0 aliphatic rings. The highest BCUT2D eigenvalue weighted by Crippen LogP contribution is 2.25. The van der Waals surface area contributed by atoms with Crippen LogP contribution in [-0.4, -0.2) is 15.2 Å². The standard InChI is InChI=1S/C14H15BrN4S/c1-7-6-10(4-5-11(7)15)17-14-12(13(16)20)8(2)9(3)18-19-14/h4-6H,1-3H3,(H2,16,20)(H,17,19). The van der Waals surface area contributed by atoms with Crippen LogP contribution in [0.1, 0.15) is 22.4 Å². The van der Waals surface area contributed by atoms with Gasteiger partial charge in [-0.3, -0.25) is 0 Å². The van der Waals surface area contributed by atoms with Crippen molar-refractivity contribution in [2.75, 3.05) is 5.32 Å². The topological polar surface area (TPSA) is 63.8 Å². The highest BCUT2D eigenvalue weighted by atomic mass is 79.9. The van der Waals surface area contributed by atoms with Crippen molar-refractivity contribution in [2.45, 2.75) is 20.8 Å². The Hall–Kier alpha value is -1.53. The Morgan fingerprint density at radius 3 is 2.55 bits per heavy atom. The van der Waals surface area contributed by atoms with Gasteiger partial charge in [0, 0.05) is 10.2 Å². The number of hydrogen-bond donors (Lipinski definition) is 2. The number of aromatic nitrogens is 2. The SMILES string of the molecule is Cc1cc(Nc2nnc(C)c(C)c2C(N)=S)ccc1Br. The van der Waals surface area contributed by atoms with Gasteiger partial charge in [0.25, 0.3) is 0 Å². The maximum atomic E-state index is 5.81. The molecule has 0 aliphatic heterocycles. The van der Waals surface area contributed by atoms with Crippen LogP contribution in [0.15, 0.2) is 22.7 Å². The first-order valence-corrected chi connectivity index (χ1v) is 7.27. The number of nitrogens with zero attached hydrogens (tertiary/aromatic N) is 2. The van der Waals surface area contributed by atoms with E-state index in [-0.39, 0.29) is 0 Å². The lowest BCUT2D eigenvalue weighted by Gasteiger charge is -2.13. The molecule has 0 spiro atoms. The summed E-state index contributed by atoms with van der Waals surface area (Å²) >= 11 is 8.60. The van der Waals surface area contributed by atoms with Gasteiger partial charge in [-0.2, -0.15) is 5.10 Å². The Bertz CT molecular complexity index is 685. The van der Waals surface area contributed by atoms with Crippen molar-refractivity contribution in [3.8, 4) is 0 Å². The van der Waals surface area contributed by atoms with Gasteiger partial charge in [0.1, 0.15) is 4.99 Å². The molecule has 1 aromatic carbocycles. The minimum absolute atomic E-state index is 0.317. The number of thiocarbonyl (C=S) groups is 1. The number of benzene rings is 1. The van der Waals surface area contributed by atoms with E-state index >= 15 is 0 Å². The quantitative estimate of drug-likeness (QED) is 0.828. The summed E-state index contributed by atoms with van der Waals surface area (Å²) in [6.45, 7) is 5.85. The maximum absolute atomic E-state index is 5.81. The zero-order valence-corrected chi connectivity index (χ0v) is 13.9. The molecule has 0 fully saturated rings. The van der Waals surface area contributed by atoms with Gasteiger partial charge < -0.3 is 11.1 Å². The van der Waals surface area contributed by atoms with E-state index in [1.165, 1.54) is 0 Å². The summed E-state index contributed by atoms with van der Waals surface area (Å²) in [4.78, 5) is 0.317. The minimum atomic E-state index is 0.317. The molecule has 2 rings (SSSR count). The fraction of sp³-hybridized carbons (Fsp3) is 0.214. The van der Waals surface area contributed by atoms with Crippen molar-refractivity contribution in [1.29, 1.82) is 0 Å². The number of halogens is 1. The molecule has 3 N–H and O–H groups in total. The second-order valence-corrected chi connectivity index (χ2v) is 5.88. The molecule has 1 heterocycles. The molecule has 0 bridgehead atoms. The second-order valence-electron chi connectivity index (χ2n) is 4.59. The van der Waals surface area contributed by atoms with Gasteiger partial charge in [0.2, 0.25) is 0 Å². The molecule has 0 radical (unpaired) electrons. The Balaban J connectivity index is 2.45. The second kappa shape index (κ2) is 5.85. The van der Waals surface area contributed by atoms with Crippen molar-refractivity contribution in [2.24, 2.45) is 5.73 Å². The van der Waals surface area contributed by atoms with Crippen LogP contribution in [0.4, 0.5) is 11.5 Å². The average molecular weight is 351 g/mol. The van der Waals surface area contributed by atoms with Crippen LogP contribution >= 0.6 is 28.1 Å². The number of nitrogens with one attached hydrogen (secondary N) is 1. The Morgan fingerprint density at radius 1 is 1.25 bits per heavy atom. The minimum Gasteiger partial charge on any atom is -0.389 e. The summed E-state index contributed by atoms with van der Waals surface area (Å²) in [5.41, 5.74) is 10.4. The van der Waals surface area contributed by atoms with Crippen molar-refractivity contribution in [3.05, 3.63) is 45.1 Å². The van der Waals surface area contributed by atoms with Gasteiger partial charge in [0.05, 0.1) is 11.3 Å². The lowest BCUT2D eigenvalue weighted by atomic mass is 10.1. The molecule has 0 amide bonds. The highest BCUT2D eigenvalue weighted by molar-refractivity contribution is 9.10. The predicted octanol–water partition coefficient (Wildman–Crippen LogP) is 3.54. The molecule has 0 unspecified atom stereocenters. The molecule has 1 aromatic heterocycles. The van der Waals surface area contributed by atoms with Crippen molar-refractivity contribution < 1.29 is 0 Å². The van der Waals surface area contributed by atoms with E-state index in [2.05, 4.69) is 31.4 Å². The van der Waals surface area contributed by atoms with Gasteiger partial charge in [-0.15, -0.1) is 5.10 Å². The first-order chi connectivity index (χ1) is 9.40. The molecule has 0 saturated heterocycles. The molecular formula is C14H15BrN4S. The highest BCUT2D eigenvalue weighted by Gasteiger charge is 2.14. The smallest absolute Gasteiger partial charge is 0.163 e. The van der Waals surface area contributed by atoms with E-state index in [4.69, 9.17) is 18.0 Å². The molecule has 0 atom stereocenters. The van der Waals surface area contributed by atoms with Gasteiger partial charge in [-0.25, -0.2) is 0 Å². The van der Waals surface area contributed by atoms with Crippen LogP contribution in [0.5, 0.6) is 0 Å². The summed E-state index contributed by atoms with van der Waals surface area (Å²) in [6, 6.07) is 5.95. The van der Waals surface area contributed by atoms with Crippen molar-refractivity contribution in [3.63, 3.8) is 0 Å². The van der Waals surface area contributed by atoms with Crippen molar-refractivity contribution >= 4 is 44.6 Å². The van der Waals surface area contributed by atoms with E-state index in [0.717, 1.165) is 32.5 Å². The molecule has 4 nitrogen and oxygen atoms in total.